The Labute approximate surface area is 167 Å². The molecule has 29 heavy (non-hydrogen) atoms. The number of aryl methyl sites for hydroxylation is 1. The maximum atomic E-state index is 13.0. The first-order valence-corrected chi connectivity index (χ1v) is 9.69. The summed E-state index contributed by atoms with van der Waals surface area (Å²) in [7, 11) is 1.77. The van der Waals surface area contributed by atoms with E-state index in [2.05, 4.69) is 15.4 Å². The molecular weight excluding hydrogens is 370 g/mol. The van der Waals surface area contributed by atoms with Crippen LogP contribution in [0.2, 0.25) is 0 Å². The third kappa shape index (κ3) is 4.06. The molecule has 0 saturated carbocycles. The summed E-state index contributed by atoms with van der Waals surface area (Å²) in [5, 5.41) is 7.80. The molecule has 1 aromatic carbocycles. The lowest BCUT2D eigenvalue weighted by Crippen LogP contribution is -2.41. The largest absolute Gasteiger partial charge is 0.352 e. The number of H-pyrrole nitrogens is 1. The highest BCUT2D eigenvalue weighted by molar-refractivity contribution is 6.05. The minimum absolute atomic E-state index is 0.0738. The SMILES string of the molecule is Cn1cc(C(=O)NCC2CCN(C(=O)c3cccc4ccc(=O)[nH]c34)CC2)cn1. The minimum Gasteiger partial charge on any atom is -0.352 e. The van der Waals surface area contributed by atoms with Crippen molar-refractivity contribution in [2.45, 2.75) is 12.8 Å². The van der Waals surface area contributed by atoms with Crippen molar-refractivity contribution in [1.29, 1.82) is 0 Å². The van der Waals surface area contributed by atoms with Crippen LogP contribution < -0.4 is 10.9 Å². The molecule has 3 heterocycles. The summed E-state index contributed by atoms with van der Waals surface area (Å²) in [6.07, 6.45) is 4.87. The Kier molecular flexibility index (Phi) is 5.16. The van der Waals surface area contributed by atoms with Crippen LogP contribution in [0.5, 0.6) is 0 Å². The molecule has 0 atom stereocenters. The van der Waals surface area contributed by atoms with Gasteiger partial charge in [-0.2, -0.15) is 5.10 Å². The zero-order chi connectivity index (χ0) is 20.4. The van der Waals surface area contributed by atoms with Gasteiger partial charge < -0.3 is 15.2 Å². The lowest BCUT2D eigenvalue weighted by Gasteiger charge is -2.32. The molecule has 0 bridgehead atoms. The van der Waals surface area contributed by atoms with Crippen molar-refractivity contribution in [3.63, 3.8) is 0 Å². The Morgan fingerprint density at radius 2 is 2.00 bits per heavy atom. The summed E-state index contributed by atoms with van der Waals surface area (Å²) in [5.74, 6) is 0.124. The van der Waals surface area contributed by atoms with Gasteiger partial charge in [0, 0.05) is 38.9 Å². The molecule has 4 rings (SSSR count). The van der Waals surface area contributed by atoms with Crippen LogP contribution in [0.15, 0.2) is 47.5 Å². The molecule has 0 spiro atoms. The number of rotatable bonds is 4. The Morgan fingerprint density at radius 3 is 2.72 bits per heavy atom. The van der Waals surface area contributed by atoms with Gasteiger partial charge in [-0.3, -0.25) is 19.1 Å². The van der Waals surface area contributed by atoms with E-state index in [-0.39, 0.29) is 17.4 Å². The number of nitrogens with zero attached hydrogens (tertiary/aromatic N) is 3. The molecule has 1 aliphatic heterocycles. The van der Waals surface area contributed by atoms with Crippen LogP contribution >= 0.6 is 0 Å². The highest BCUT2D eigenvalue weighted by atomic mass is 16.2. The number of fused-ring (bicyclic) bond motifs is 1. The third-order valence-corrected chi connectivity index (χ3v) is 5.41. The molecule has 0 aliphatic carbocycles. The van der Waals surface area contributed by atoms with Crippen molar-refractivity contribution in [1.82, 2.24) is 25.0 Å². The monoisotopic (exact) mass is 393 g/mol. The number of aromatic amines is 1. The van der Waals surface area contributed by atoms with Crippen molar-refractivity contribution >= 4 is 22.7 Å². The van der Waals surface area contributed by atoms with E-state index in [4.69, 9.17) is 0 Å². The smallest absolute Gasteiger partial charge is 0.255 e. The standard InChI is InChI=1S/C21H23N5O3/c1-25-13-16(12-23-25)20(28)22-11-14-7-9-26(10-8-14)21(29)17-4-2-3-15-5-6-18(27)24-19(15)17/h2-6,12-14H,7-11H2,1H3,(H,22,28)(H,24,27). The Morgan fingerprint density at radius 1 is 1.21 bits per heavy atom. The maximum absolute atomic E-state index is 13.0. The topological polar surface area (TPSA) is 100 Å². The number of carbonyl (C=O) groups excluding carboxylic acids is 2. The molecule has 8 heteroatoms. The van der Waals surface area contributed by atoms with Crippen LogP contribution in [0.3, 0.4) is 0 Å². The third-order valence-electron chi connectivity index (χ3n) is 5.41. The van der Waals surface area contributed by atoms with E-state index >= 15 is 0 Å². The number of carbonyl (C=O) groups is 2. The number of benzene rings is 1. The molecule has 3 aromatic rings. The number of likely N-dealkylation sites (tertiary alicyclic amines) is 1. The number of pyridine rings is 1. The van der Waals surface area contributed by atoms with E-state index < -0.39 is 0 Å². The molecule has 2 amide bonds. The fourth-order valence-electron chi connectivity index (χ4n) is 3.75. The summed E-state index contributed by atoms with van der Waals surface area (Å²) in [6.45, 7) is 1.83. The number of para-hydroxylation sites is 1. The number of aromatic nitrogens is 3. The first kappa shape index (κ1) is 18.9. The van der Waals surface area contributed by atoms with Crippen molar-refractivity contribution in [3.8, 4) is 0 Å². The first-order chi connectivity index (χ1) is 14.0. The van der Waals surface area contributed by atoms with E-state index in [1.807, 2.05) is 17.0 Å². The van der Waals surface area contributed by atoms with Gasteiger partial charge in [0.1, 0.15) is 0 Å². The number of nitrogens with one attached hydrogen (secondary N) is 2. The van der Waals surface area contributed by atoms with Crippen LogP contribution in [0.1, 0.15) is 33.6 Å². The average Bonchev–Trinajstić information content (AvgIpc) is 3.18. The summed E-state index contributed by atoms with van der Waals surface area (Å²) in [4.78, 5) is 41.4. The molecule has 1 aliphatic rings. The second-order valence-electron chi connectivity index (χ2n) is 7.44. The fraction of sp³-hybridized carbons (Fsp3) is 0.333. The van der Waals surface area contributed by atoms with Crippen LogP contribution in [0, 0.1) is 5.92 Å². The zero-order valence-corrected chi connectivity index (χ0v) is 16.2. The highest BCUT2D eigenvalue weighted by Crippen LogP contribution is 2.21. The lowest BCUT2D eigenvalue weighted by molar-refractivity contribution is 0.0686. The van der Waals surface area contributed by atoms with Gasteiger partial charge in [-0.25, -0.2) is 0 Å². The summed E-state index contributed by atoms with van der Waals surface area (Å²) in [5.41, 5.74) is 1.42. The quantitative estimate of drug-likeness (QED) is 0.702. The normalized spacial score (nSPS) is 14.9. The van der Waals surface area contributed by atoms with Crippen LogP contribution in [-0.4, -0.2) is 51.1 Å². The van der Waals surface area contributed by atoms with Gasteiger partial charge >= 0.3 is 0 Å². The number of hydrogen-bond acceptors (Lipinski definition) is 4. The van der Waals surface area contributed by atoms with Gasteiger partial charge in [-0.15, -0.1) is 0 Å². The van der Waals surface area contributed by atoms with Crippen molar-refractivity contribution in [2.75, 3.05) is 19.6 Å². The summed E-state index contributed by atoms with van der Waals surface area (Å²) in [6, 6.07) is 8.64. The molecule has 1 saturated heterocycles. The fourth-order valence-corrected chi connectivity index (χ4v) is 3.75. The van der Waals surface area contributed by atoms with Gasteiger partial charge in [0.25, 0.3) is 11.8 Å². The molecular formula is C21H23N5O3. The zero-order valence-electron chi connectivity index (χ0n) is 16.2. The first-order valence-electron chi connectivity index (χ1n) is 9.69. The van der Waals surface area contributed by atoms with Gasteiger partial charge in [0.05, 0.1) is 22.8 Å². The van der Waals surface area contributed by atoms with Crippen molar-refractivity contribution < 1.29 is 9.59 Å². The van der Waals surface area contributed by atoms with Crippen molar-refractivity contribution in [3.05, 3.63) is 64.2 Å². The Balaban J connectivity index is 1.36. The summed E-state index contributed by atoms with van der Waals surface area (Å²) >= 11 is 0. The predicted molar refractivity (Wildman–Crippen MR) is 109 cm³/mol. The van der Waals surface area contributed by atoms with E-state index in [9.17, 15) is 14.4 Å². The molecule has 0 unspecified atom stereocenters. The number of amides is 2. The molecule has 150 valence electrons. The van der Waals surface area contributed by atoms with Crippen molar-refractivity contribution in [2.24, 2.45) is 13.0 Å². The van der Waals surface area contributed by atoms with E-state index in [0.717, 1.165) is 18.2 Å². The van der Waals surface area contributed by atoms with Crippen LogP contribution in [0.4, 0.5) is 0 Å². The second-order valence-corrected chi connectivity index (χ2v) is 7.44. The summed E-state index contributed by atoms with van der Waals surface area (Å²) < 4.78 is 1.60. The van der Waals surface area contributed by atoms with Gasteiger partial charge in [-0.05, 0) is 36.3 Å². The van der Waals surface area contributed by atoms with E-state index in [1.165, 1.54) is 6.07 Å². The molecule has 2 N–H and O–H groups in total. The Hall–Kier alpha value is -3.42. The molecule has 8 nitrogen and oxygen atoms in total. The molecule has 1 fully saturated rings. The van der Waals surface area contributed by atoms with Gasteiger partial charge in [0.2, 0.25) is 5.56 Å². The van der Waals surface area contributed by atoms with E-state index in [0.29, 0.717) is 42.2 Å². The number of hydrogen-bond donors (Lipinski definition) is 2. The van der Waals surface area contributed by atoms with Gasteiger partial charge in [0.15, 0.2) is 0 Å². The number of piperidine rings is 1. The van der Waals surface area contributed by atoms with Gasteiger partial charge in [-0.1, -0.05) is 12.1 Å². The average molecular weight is 393 g/mol. The molecule has 2 aromatic heterocycles. The molecule has 0 radical (unpaired) electrons. The maximum Gasteiger partial charge on any atom is 0.255 e. The lowest BCUT2D eigenvalue weighted by atomic mass is 9.96. The predicted octanol–water partition coefficient (Wildman–Crippen LogP) is 1.54. The second kappa shape index (κ2) is 7.90. The van der Waals surface area contributed by atoms with Crippen LogP contribution in [-0.2, 0) is 7.05 Å². The van der Waals surface area contributed by atoms with Crippen LogP contribution in [0.25, 0.3) is 10.9 Å². The Bertz CT molecular complexity index is 1110. The van der Waals surface area contributed by atoms with E-state index in [1.54, 1.807) is 36.3 Å². The highest BCUT2D eigenvalue weighted by Gasteiger charge is 2.25. The minimum atomic E-state index is -0.221.